The predicted molar refractivity (Wildman–Crippen MR) is 112 cm³/mol. The fourth-order valence-electron chi connectivity index (χ4n) is 4.70. The molecule has 1 amide bonds. The van der Waals surface area contributed by atoms with Crippen molar-refractivity contribution < 1.29 is 19.4 Å². The Labute approximate surface area is 180 Å². The summed E-state index contributed by atoms with van der Waals surface area (Å²) in [5.74, 6) is 6.02. The number of pyridine rings is 1. The average molecular weight is 432 g/mol. The third-order valence-electron chi connectivity index (χ3n) is 6.06. The van der Waals surface area contributed by atoms with Gasteiger partial charge in [0.1, 0.15) is 0 Å². The number of hydrogen-bond acceptors (Lipinski definition) is 6. The highest BCUT2D eigenvalue weighted by Gasteiger charge is 2.35. The maximum atomic E-state index is 12.1. The van der Waals surface area contributed by atoms with E-state index in [1.165, 1.54) is 11.1 Å². The number of likely N-dealkylation sites (tertiary alicyclic amines) is 1. The topological polar surface area (TPSA) is 86.9 Å². The summed E-state index contributed by atoms with van der Waals surface area (Å²) in [7, 11) is 0. The number of amides is 1. The number of halogens is 1. The summed E-state index contributed by atoms with van der Waals surface area (Å²) in [6, 6.07) is 8.09. The summed E-state index contributed by atoms with van der Waals surface area (Å²) >= 11 is 6.30. The largest absolute Gasteiger partial charge is 0.450 e. The smallest absolute Gasteiger partial charge is 0.409 e. The van der Waals surface area contributed by atoms with E-state index in [1.807, 2.05) is 19.1 Å². The Balaban J connectivity index is 1.67. The van der Waals surface area contributed by atoms with Gasteiger partial charge in [0.15, 0.2) is 5.75 Å². The molecule has 0 saturated carbocycles. The first-order valence-corrected chi connectivity index (χ1v) is 10.7. The Hall–Kier alpha value is -2.35. The van der Waals surface area contributed by atoms with E-state index >= 15 is 0 Å². The minimum absolute atomic E-state index is 0.131. The molecule has 1 unspecified atom stereocenters. The fraction of sp³-hybridized carbons (Fsp3) is 0.455. The zero-order chi connectivity index (χ0) is 21.1. The van der Waals surface area contributed by atoms with Gasteiger partial charge in [0.05, 0.1) is 18.5 Å². The molecule has 1 aliphatic carbocycles. The zero-order valence-electron chi connectivity index (χ0n) is 17.0. The Morgan fingerprint density at radius 3 is 2.73 bits per heavy atom. The van der Waals surface area contributed by atoms with Crippen LogP contribution >= 0.6 is 11.6 Å². The number of aromatic nitrogens is 1. The summed E-state index contributed by atoms with van der Waals surface area (Å²) in [5, 5.41) is 0.740. The number of carbonyl (C=O) groups is 1. The molecule has 1 atom stereocenters. The average Bonchev–Trinajstić information content (AvgIpc) is 2.90. The van der Waals surface area contributed by atoms with Gasteiger partial charge in [-0.3, -0.25) is 4.98 Å². The van der Waals surface area contributed by atoms with Crippen molar-refractivity contribution in [2.75, 3.05) is 19.7 Å². The van der Waals surface area contributed by atoms with Crippen molar-refractivity contribution in [3.05, 3.63) is 57.9 Å². The highest BCUT2D eigenvalue weighted by atomic mass is 35.5. The number of piperidine rings is 1. The molecule has 2 aliphatic rings. The molecule has 30 heavy (non-hydrogen) atoms. The van der Waals surface area contributed by atoms with Gasteiger partial charge in [-0.25, -0.2) is 4.79 Å². The van der Waals surface area contributed by atoms with E-state index in [-0.39, 0.29) is 12.0 Å². The molecule has 0 radical (unpaired) electrons. The minimum atomic E-state index is -0.230. The van der Waals surface area contributed by atoms with Gasteiger partial charge in [0, 0.05) is 24.0 Å². The molecule has 1 aromatic heterocycles. The van der Waals surface area contributed by atoms with Gasteiger partial charge in [0.25, 0.3) is 0 Å². The van der Waals surface area contributed by atoms with E-state index in [9.17, 15) is 4.79 Å². The number of nitrogens with zero attached hydrogens (tertiary/aromatic N) is 2. The van der Waals surface area contributed by atoms with Crippen LogP contribution in [0.5, 0.6) is 5.75 Å². The second kappa shape index (κ2) is 9.20. The molecule has 2 N–H and O–H groups in total. The van der Waals surface area contributed by atoms with Crippen molar-refractivity contribution in [1.29, 1.82) is 0 Å². The first-order chi connectivity index (χ1) is 14.6. The summed E-state index contributed by atoms with van der Waals surface area (Å²) in [6.07, 6.45) is 4.89. The maximum Gasteiger partial charge on any atom is 0.409 e. The number of hydrogen-bond donors (Lipinski definition) is 1. The molecule has 1 saturated heterocycles. The molecule has 1 fully saturated rings. The predicted octanol–water partition coefficient (Wildman–Crippen LogP) is 4.02. The highest BCUT2D eigenvalue weighted by Crippen LogP contribution is 2.43. The summed E-state index contributed by atoms with van der Waals surface area (Å²) in [4.78, 5) is 28.0. The number of benzene rings is 1. The van der Waals surface area contributed by atoms with Crippen LogP contribution in [0.4, 0.5) is 4.79 Å². The van der Waals surface area contributed by atoms with Crippen LogP contribution in [0.3, 0.4) is 0 Å². The number of carbonyl (C=O) groups excluding carboxylic acids is 1. The SMILES string of the molecule is CCOC(=O)N1CCC(C2c3ccc(Cl)cc3CCc3cc(OON)cnc32)CC1. The normalized spacial score (nSPS) is 18.9. The first kappa shape index (κ1) is 20.9. The number of fused-ring (bicyclic) bond motifs is 2. The lowest BCUT2D eigenvalue weighted by atomic mass is 9.76. The summed E-state index contributed by atoms with van der Waals surface area (Å²) in [6.45, 7) is 3.58. The Morgan fingerprint density at radius 1 is 1.23 bits per heavy atom. The molecular formula is C22H26ClN3O4. The van der Waals surface area contributed by atoms with E-state index < -0.39 is 0 Å². The van der Waals surface area contributed by atoms with Crippen LogP contribution in [-0.4, -0.2) is 35.7 Å². The first-order valence-electron chi connectivity index (χ1n) is 10.3. The zero-order valence-corrected chi connectivity index (χ0v) is 17.7. The van der Waals surface area contributed by atoms with Crippen LogP contribution in [0.1, 0.15) is 48.1 Å². The molecule has 0 bridgehead atoms. The van der Waals surface area contributed by atoms with Crippen LogP contribution in [-0.2, 0) is 22.6 Å². The second-order valence-electron chi connectivity index (χ2n) is 7.74. The van der Waals surface area contributed by atoms with Crippen LogP contribution in [0.15, 0.2) is 30.5 Å². The van der Waals surface area contributed by atoms with Crippen LogP contribution < -0.4 is 10.8 Å². The van der Waals surface area contributed by atoms with Gasteiger partial charge >= 0.3 is 6.09 Å². The third-order valence-corrected chi connectivity index (χ3v) is 6.29. The van der Waals surface area contributed by atoms with E-state index in [4.69, 9.17) is 32.1 Å². The Kier molecular flexibility index (Phi) is 6.41. The van der Waals surface area contributed by atoms with Crippen LogP contribution in [0.25, 0.3) is 0 Å². The number of rotatable bonds is 4. The van der Waals surface area contributed by atoms with Crippen LogP contribution in [0.2, 0.25) is 5.02 Å². The van der Waals surface area contributed by atoms with Gasteiger partial charge in [-0.15, -0.1) is 0 Å². The molecule has 2 aromatic rings. The molecule has 160 valence electrons. The lowest BCUT2D eigenvalue weighted by Gasteiger charge is -2.36. The van der Waals surface area contributed by atoms with E-state index in [1.54, 1.807) is 11.1 Å². The molecule has 4 rings (SSSR count). The number of nitrogens with two attached hydrogens (primary N) is 1. The van der Waals surface area contributed by atoms with E-state index in [0.29, 0.717) is 31.4 Å². The minimum Gasteiger partial charge on any atom is -0.450 e. The van der Waals surface area contributed by atoms with Gasteiger partial charge < -0.3 is 14.5 Å². The Morgan fingerprint density at radius 2 is 2.00 bits per heavy atom. The number of ether oxygens (including phenoxy) is 1. The van der Waals surface area contributed by atoms with Crippen molar-refractivity contribution in [3.8, 4) is 5.75 Å². The summed E-state index contributed by atoms with van der Waals surface area (Å²) < 4.78 is 5.17. The monoisotopic (exact) mass is 431 g/mol. The van der Waals surface area contributed by atoms with E-state index in [0.717, 1.165) is 42.0 Å². The molecule has 0 spiro atoms. The number of aryl methyl sites for hydroxylation is 2. The second-order valence-corrected chi connectivity index (χ2v) is 8.18. The Bertz CT molecular complexity index is 915. The molecule has 8 heteroatoms. The van der Waals surface area contributed by atoms with Gasteiger partial charge in [0.2, 0.25) is 0 Å². The molecule has 1 aromatic carbocycles. The standard InChI is InChI=1S/C22H26ClN3O4/c1-2-28-22(27)26-9-7-14(8-10-26)20-19-6-5-17(23)11-15(19)3-4-16-12-18(29-30-24)13-25-21(16)20/h5-6,11-14,20H,2-4,7-10,24H2,1H3. The maximum absolute atomic E-state index is 12.1. The van der Waals surface area contributed by atoms with Crippen LogP contribution in [0, 0.1) is 5.92 Å². The lowest BCUT2D eigenvalue weighted by molar-refractivity contribution is -0.211. The van der Waals surface area contributed by atoms with Gasteiger partial charge in [-0.05, 0) is 73.4 Å². The quantitative estimate of drug-likeness (QED) is 0.581. The van der Waals surface area contributed by atoms with Crippen molar-refractivity contribution in [3.63, 3.8) is 0 Å². The van der Waals surface area contributed by atoms with E-state index in [2.05, 4.69) is 17.1 Å². The molecule has 7 nitrogen and oxygen atoms in total. The van der Waals surface area contributed by atoms with Gasteiger partial charge in [-0.1, -0.05) is 22.7 Å². The highest BCUT2D eigenvalue weighted by molar-refractivity contribution is 6.30. The molecular weight excluding hydrogens is 406 g/mol. The van der Waals surface area contributed by atoms with Crippen molar-refractivity contribution in [2.45, 2.75) is 38.5 Å². The van der Waals surface area contributed by atoms with Crippen molar-refractivity contribution in [2.24, 2.45) is 11.8 Å². The summed E-state index contributed by atoms with van der Waals surface area (Å²) in [5.41, 5.74) is 4.68. The van der Waals surface area contributed by atoms with Crippen molar-refractivity contribution in [1.82, 2.24) is 9.88 Å². The van der Waals surface area contributed by atoms with Crippen molar-refractivity contribution >= 4 is 17.7 Å². The molecule has 2 heterocycles. The van der Waals surface area contributed by atoms with Gasteiger partial charge in [-0.2, -0.15) is 5.90 Å². The molecule has 1 aliphatic heterocycles. The third kappa shape index (κ3) is 4.24. The lowest BCUT2D eigenvalue weighted by Crippen LogP contribution is -2.40. The fourth-order valence-corrected chi connectivity index (χ4v) is 4.89.